The van der Waals surface area contributed by atoms with E-state index in [4.69, 9.17) is 5.73 Å². The number of aromatic nitrogens is 2. The number of halogens is 3. The molecule has 1 aliphatic carbocycles. The maximum absolute atomic E-state index is 12.8. The third kappa shape index (κ3) is 3.63. The molecule has 1 atom stereocenters. The van der Waals surface area contributed by atoms with Gasteiger partial charge in [0.25, 0.3) is 0 Å². The molecule has 3 aromatic rings. The number of alkyl halides is 3. The summed E-state index contributed by atoms with van der Waals surface area (Å²) in [5.74, 6) is 0.489. The van der Waals surface area contributed by atoms with Crippen LogP contribution in [0.3, 0.4) is 0 Å². The minimum atomic E-state index is -4.45. The summed E-state index contributed by atoms with van der Waals surface area (Å²) in [5, 5.41) is 12.9. The summed E-state index contributed by atoms with van der Waals surface area (Å²) in [4.78, 5) is 8.29. The zero-order valence-electron chi connectivity index (χ0n) is 14.7. The molecule has 0 bridgehead atoms. The molecule has 1 heterocycles. The predicted octanol–water partition coefficient (Wildman–Crippen LogP) is 3.95. The SMILES string of the molecule is Nc1cc(C(F)(F)F)ccc1-c1cc(Nc2ccc3c(c2)CC(O)C3)ncn1. The summed E-state index contributed by atoms with van der Waals surface area (Å²) in [7, 11) is 0. The van der Waals surface area contributed by atoms with E-state index in [0.717, 1.165) is 28.9 Å². The van der Waals surface area contributed by atoms with Crippen LogP contribution in [0.25, 0.3) is 11.3 Å². The number of nitrogens with zero attached hydrogens (tertiary/aromatic N) is 2. The van der Waals surface area contributed by atoms with Gasteiger partial charge in [-0.05, 0) is 48.2 Å². The zero-order valence-corrected chi connectivity index (χ0v) is 14.7. The number of hydrogen-bond acceptors (Lipinski definition) is 5. The first kappa shape index (κ1) is 18.2. The fourth-order valence-electron chi connectivity index (χ4n) is 3.37. The fourth-order valence-corrected chi connectivity index (χ4v) is 3.37. The Labute approximate surface area is 159 Å². The van der Waals surface area contributed by atoms with Gasteiger partial charge in [0.2, 0.25) is 0 Å². The van der Waals surface area contributed by atoms with Crippen molar-refractivity contribution in [2.45, 2.75) is 25.1 Å². The number of hydrogen-bond donors (Lipinski definition) is 3. The molecule has 1 aliphatic rings. The third-order valence-electron chi connectivity index (χ3n) is 4.71. The monoisotopic (exact) mass is 386 g/mol. The van der Waals surface area contributed by atoms with Crippen LogP contribution in [-0.2, 0) is 19.0 Å². The highest BCUT2D eigenvalue weighted by atomic mass is 19.4. The maximum Gasteiger partial charge on any atom is 0.416 e. The Bertz CT molecular complexity index is 1040. The lowest BCUT2D eigenvalue weighted by molar-refractivity contribution is -0.137. The summed E-state index contributed by atoms with van der Waals surface area (Å²) in [5.41, 5.74) is 8.84. The van der Waals surface area contributed by atoms with Gasteiger partial charge in [-0.25, -0.2) is 9.97 Å². The van der Waals surface area contributed by atoms with Crippen molar-refractivity contribution >= 4 is 17.2 Å². The van der Waals surface area contributed by atoms with E-state index in [1.807, 2.05) is 18.2 Å². The number of nitrogen functional groups attached to an aromatic ring is 1. The summed E-state index contributed by atoms with van der Waals surface area (Å²) in [6.07, 6.45) is -2.21. The van der Waals surface area contributed by atoms with Crippen molar-refractivity contribution in [1.82, 2.24) is 9.97 Å². The van der Waals surface area contributed by atoms with Crippen molar-refractivity contribution in [2.24, 2.45) is 0 Å². The van der Waals surface area contributed by atoms with E-state index in [1.165, 1.54) is 12.4 Å². The highest BCUT2D eigenvalue weighted by Crippen LogP contribution is 2.34. The van der Waals surface area contributed by atoms with Gasteiger partial charge in [-0.2, -0.15) is 13.2 Å². The van der Waals surface area contributed by atoms with Crippen molar-refractivity contribution < 1.29 is 18.3 Å². The first-order valence-corrected chi connectivity index (χ1v) is 8.65. The number of aliphatic hydroxyl groups excluding tert-OH is 1. The highest BCUT2D eigenvalue weighted by Gasteiger charge is 2.31. The van der Waals surface area contributed by atoms with Gasteiger partial charge in [-0.3, -0.25) is 0 Å². The molecule has 144 valence electrons. The molecule has 4 N–H and O–H groups in total. The van der Waals surface area contributed by atoms with Gasteiger partial charge < -0.3 is 16.2 Å². The second-order valence-corrected chi connectivity index (χ2v) is 6.76. The van der Waals surface area contributed by atoms with Gasteiger partial charge in [-0.15, -0.1) is 0 Å². The van der Waals surface area contributed by atoms with E-state index < -0.39 is 11.7 Å². The minimum absolute atomic E-state index is 0.00834. The van der Waals surface area contributed by atoms with Crippen LogP contribution in [0, 0.1) is 0 Å². The van der Waals surface area contributed by atoms with Gasteiger partial charge in [-0.1, -0.05) is 12.1 Å². The second kappa shape index (κ2) is 6.79. The standard InChI is InChI=1S/C20H17F3N4O/c21-20(22,23)13-2-4-16(17(24)8-13)18-9-19(26-10-25-18)27-14-3-1-11-6-15(28)7-12(11)5-14/h1-5,8-10,15,28H,6-7,24H2,(H,25,26,27). The first-order valence-electron chi connectivity index (χ1n) is 8.65. The summed E-state index contributed by atoms with van der Waals surface area (Å²) in [6, 6.07) is 10.6. The molecule has 8 heteroatoms. The Kier molecular flexibility index (Phi) is 4.43. The Balaban J connectivity index is 1.60. The van der Waals surface area contributed by atoms with Crippen molar-refractivity contribution in [2.75, 3.05) is 11.1 Å². The van der Waals surface area contributed by atoms with Crippen LogP contribution in [0.1, 0.15) is 16.7 Å². The van der Waals surface area contributed by atoms with Gasteiger partial charge in [0, 0.05) is 23.0 Å². The number of rotatable bonds is 3. The molecular formula is C20H17F3N4O. The third-order valence-corrected chi connectivity index (χ3v) is 4.71. The van der Waals surface area contributed by atoms with E-state index in [0.29, 0.717) is 29.9 Å². The van der Waals surface area contributed by atoms with Gasteiger partial charge in [0.1, 0.15) is 12.1 Å². The summed E-state index contributed by atoms with van der Waals surface area (Å²) < 4.78 is 38.5. The van der Waals surface area contributed by atoms with Crippen LogP contribution in [0.5, 0.6) is 0 Å². The Morgan fingerprint density at radius 2 is 1.79 bits per heavy atom. The molecule has 0 radical (unpaired) electrons. The molecular weight excluding hydrogens is 369 g/mol. The van der Waals surface area contributed by atoms with Crippen LogP contribution in [0.2, 0.25) is 0 Å². The molecule has 1 unspecified atom stereocenters. The van der Waals surface area contributed by atoms with E-state index in [9.17, 15) is 18.3 Å². The molecule has 28 heavy (non-hydrogen) atoms. The van der Waals surface area contributed by atoms with Crippen LogP contribution in [-0.4, -0.2) is 21.2 Å². The summed E-state index contributed by atoms with van der Waals surface area (Å²) >= 11 is 0. The normalized spacial score (nSPS) is 16.1. The van der Waals surface area contributed by atoms with E-state index in [2.05, 4.69) is 15.3 Å². The highest BCUT2D eigenvalue weighted by molar-refractivity contribution is 5.76. The van der Waals surface area contributed by atoms with Crippen molar-refractivity contribution in [3.63, 3.8) is 0 Å². The molecule has 0 saturated heterocycles. The topological polar surface area (TPSA) is 84.1 Å². The number of anilines is 3. The van der Waals surface area contributed by atoms with Gasteiger partial charge >= 0.3 is 6.18 Å². The van der Waals surface area contributed by atoms with Gasteiger partial charge in [0.15, 0.2) is 0 Å². The van der Waals surface area contributed by atoms with Crippen molar-refractivity contribution in [1.29, 1.82) is 0 Å². The second-order valence-electron chi connectivity index (χ2n) is 6.76. The molecule has 4 rings (SSSR count). The number of benzene rings is 2. The summed E-state index contributed by atoms with van der Waals surface area (Å²) in [6.45, 7) is 0. The smallest absolute Gasteiger partial charge is 0.398 e. The Morgan fingerprint density at radius 3 is 2.54 bits per heavy atom. The molecule has 0 spiro atoms. The maximum atomic E-state index is 12.8. The fraction of sp³-hybridized carbons (Fsp3) is 0.200. The van der Waals surface area contributed by atoms with Crippen molar-refractivity contribution in [3.8, 4) is 11.3 Å². The van der Waals surface area contributed by atoms with E-state index in [-0.39, 0.29) is 11.8 Å². The number of nitrogens with two attached hydrogens (primary N) is 1. The van der Waals surface area contributed by atoms with Crippen LogP contribution < -0.4 is 11.1 Å². The van der Waals surface area contributed by atoms with Crippen LogP contribution >= 0.6 is 0 Å². The average molecular weight is 386 g/mol. The molecule has 0 fully saturated rings. The van der Waals surface area contributed by atoms with Gasteiger partial charge in [0.05, 0.1) is 17.4 Å². The number of fused-ring (bicyclic) bond motifs is 1. The molecule has 0 amide bonds. The lowest BCUT2D eigenvalue weighted by Crippen LogP contribution is -2.06. The van der Waals surface area contributed by atoms with Crippen LogP contribution in [0.15, 0.2) is 48.8 Å². The molecule has 0 aliphatic heterocycles. The molecule has 0 saturated carbocycles. The quantitative estimate of drug-likeness (QED) is 0.594. The van der Waals surface area contributed by atoms with Crippen LogP contribution in [0.4, 0.5) is 30.4 Å². The number of nitrogens with one attached hydrogen (secondary N) is 1. The van der Waals surface area contributed by atoms with E-state index >= 15 is 0 Å². The lowest BCUT2D eigenvalue weighted by Gasteiger charge is -2.12. The Morgan fingerprint density at radius 1 is 1.00 bits per heavy atom. The molecule has 5 nitrogen and oxygen atoms in total. The zero-order chi connectivity index (χ0) is 19.9. The first-order chi connectivity index (χ1) is 13.3. The lowest BCUT2D eigenvalue weighted by atomic mass is 10.1. The molecule has 2 aromatic carbocycles. The average Bonchev–Trinajstić information content (AvgIpc) is 3.00. The minimum Gasteiger partial charge on any atom is -0.398 e. The predicted molar refractivity (Wildman–Crippen MR) is 100 cm³/mol. The van der Waals surface area contributed by atoms with E-state index in [1.54, 1.807) is 6.07 Å². The van der Waals surface area contributed by atoms with Crippen molar-refractivity contribution in [3.05, 3.63) is 65.5 Å². The largest absolute Gasteiger partial charge is 0.416 e. The number of aliphatic hydroxyl groups is 1. The molecule has 1 aromatic heterocycles. The Hall–Kier alpha value is -3.13.